The molecule has 0 amide bonds. The molecule has 0 spiro atoms. The van der Waals surface area contributed by atoms with Gasteiger partial charge in [-0.1, -0.05) is 0 Å². The topological polar surface area (TPSA) is 46.6 Å². The maximum atomic E-state index is 5.79. The zero-order valence-electron chi connectivity index (χ0n) is 14.4. The predicted molar refractivity (Wildman–Crippen MR) is 99.5 cm³/mol. The van der Waals surface area contributed by atoms with Gasteiger partial charge in [-0.15, -0.1) is 11.8 Å². The number of nitrogens with zero attached hydrogens (tertiary/aromatic N) is 2. The lowest BCUT2D eigenvalue weighted by Gasteiger charge is -2.37. The first-order chi connectivity index (χ1) is 12.3. The highest BCUT2D eigenvalue weighted by Gasteiger charge is 2.25. The van der Waals surface area contributed by atoms with E-state index in [9.17, 15) is 0 Å². The summed E-state index contributed by atoms with van der Waals surface area (Å²) in [4.78, 5) is 7.95. The largest absolute Gasteiger partial charge is 0.486 e. The molecule has 5 nitrogen and oxygen atoms in total. The van der Waals surface area contributed by atoms with Gasteiger partial charge in [0, 0.05) is 49.5 Å². The SMILES string of the molecule is CSc1cc2c(cc1CN1CCNCC1c1ccncc1)OCCO2. The van der Waals surface area contributed by atoms with Gasteiger partial charge in [0.1, 0.15) is 13.2 Å². The highest BCUT2D eigenvalue weighted by molar-refractivity contribution is 7.98. The first-order valence-corrected chi connectivity index (χ1v) is 9.89. The molecule has 132 valence electrons. The Hall–Kier alpha value is -1.76. The molecule has 2 aromatic rings. The monoisotopic (exact) mass is 357 g/mol. The van der Waals surface area contributed by atoms with Gasteiger partial charge in [0.2, 0.25) is 0 Å². The van der Waals surface area contributed by atoms with Crippen LogP contribution >= 0.6 is 11.8 Å². The molecular formula is C19H23N3O2S. The van der Waals surface area contributed by atoms with E-state index in [2.05, 4.69) is 45.7 Å². The molecule has 1 aromatic carbocycles. The zero-order valence-corrected chi connectivity index (χ0v) is 15.2. The van der Waals surface area contributed by atoms with E-state index < -0.39 is 0 Å². The summed E-state index contributed by atoms with van der Waals surface area (Å²) < 4.78 is 11.5. The lowest BCUT2D eigenvalue weighted by Crippen LogP contribution is -2.45. The van der Waals surface area contributed by atoms with E-state index in [0.717, 1.165) is 37.7 Å². The third-order valence-corrected chi connectivity index (χ3v) is 5.58. The van der Waals surface area contributed by atoms with Gasteiger partial charge in [-0.2, -0.15) is 0 Å². The molecule has 2 aliphatic rings. The molecule has 0 radical (unpaired) electrons. The van der Waals surface area contributed by atoms with E-state index in [1.165, 1.54) is 16.0 Å². The van der Waals surface area contributed by atoms with Crippen molar-refractivity contribution in [2.24, 2.45) is 0 Å². The minimum Gasteiger partial charge on any atom is -0.486 e. The van der Waals surface area contributed by atoms with Gasteiger partial charge in [-0.05, 0) is 41.6 Å². The predicted octanol–water partition coefficient (Wildman–Crippen LogP) is 2.72. The maximum absolute atomic E-state index is 5.79. The van der Waals surface area contributed by atoms with Crippen molar-refractivity contribution in [2.75, 3.05) is 39.1 Å². The number of piperazine rings is 1. The minimum atomic E-state index is 0.361. The molecule has 1 aromatic heterocycles. The van der Waals surface area contributed by atoms with E-state index in [1.807, 2.05) is 12.4 Å². The second-order valence-electron chi connectivity index (χ2n) is 6.28. The van der Waals surface area contributed by atoms with Gasteiger partial charge < -0.3 is 14.8 Å². The number of nitrogens with one attached hydrogen (secondary N) is 1. The number of fused-ring (bicyclic) bond motifs is 1. The van der Waals surface area contributed by atoms with Gasteiger partial charge in [0.15, 0.2) is 11.5 Å². The highest BCUT2D eigenvalue weighted by atomic mass is 32.2. The average Bonchev–Trinajstić information content (AvgIpc) is 2.68. The van der Waals surface area contributed by atoms with Gasteiger partial charge in [-0.3, -0.25) is 9.88 Å². The van der Waals surface area contributed by atoms with Crippen LogP contribution in [0.15, 0.2) is 41.6 Å². The summed E-state index contributed by atoms with van der Waals surface area (Å²) in [7, 11) is 0. The van der Waals surface area contributed by atoms with Crippen LogP contribution in [0.1, 0.15) is 17.2 Å². The van der Waals surface area contributed by atoms with E-state index in [4.69, 9.17) is 9.47 Å². The van der Waals surface area contributed by atoms with Crippen molar-refractivity contribution in [3.05, 3.63) is 47.8 Å². The fourth-order valence-electron chi connectivity index (χ4n) is 3.49. The Morgan fingerprint density at radius 3 is 2.72 bits per heavy atom. The standard InChI is InChI=1S/C19H23N3O2S/c1-25-19-11-18-17(23-8-9-24-18)10-15(19)13-22-7-6-21-12-16(22)14-2-4-20-5-3-14/h2-5,10-11,16,21H,6-9,12-13H2,1H3. The molecule has 0 bridgehead atoms. The van der Waals surface area contributed by atoms with Gasteiger partial charge >= 0.3 is 0 Å². The molecule has 1 atom stereocenters. The summed E-state index contributed by atoms with van der Waals surface area (Å²) in [5.41, 5.74) is 2.61. The average molecular weight is 357 g/mol. The molecule has 3 heterocycles. The molecule has 1 fully saturated rings. The third-order valence-electron chi connectivity index (χ3n) is 4.76. The molecule has 25 heavy (non-hydrogen) atoms. The van der Waals surface area contributed by atoms with Crippen LogP contribution in [0.2, 0.25) is 0 Å². The van der Waals surface area contributed by atoms with Crippen LogP contribution in [0.25, 0.3) is 0 Å². The molecule has 0 saturated carbocycles. The molecule has 6 heteroatoms. The quantitative estimate of drug-likeness (QED) is 0.849. The molecule has 0 aliphatic carbocycles. The smallest absolute Gasteiger partial charge is 0.162 e. The summed E-state index contributed by atoms with van der Waals surface area (Å²) in [6.45, 7) is 5.15. The number of hydrogen-bond donors (Lipinski definition) is 1. The van der Waals surface area contributed by atoms with Crippen LogP contribution in [-0.2, 0) is 6.54 Å². The lowest BCUT2D eigenvalue weighted by atomic mass is 10.0. The zero-order chi connectivity index (χ0) is 17.1. The van der Waals surface area contributed by atoms with Crippen molar-refractivity contribution in [3.63, 3.8) is 0 Å². The first kappa shape index (κ1) is 16.7. The number of aromatic nitrogens is 1. The van der Waals surface area contributed by atoms with E-state index in [1.54, 1.807) is 11.8 Å². The van der Waals surface area contributed by atoms with Gasteiger partial charge in [0.05, 0.1) is 0 Å². The number of ether oxygens (including phenoxy) is 2. The Morgan fingerprint density at radius 1 is 1.20 bits per heavy atom. The second-order valence-corrected chi connectivity index (χ2v) is 7.13. The van der Waals surface area contributed by atoms with Gasteiger partial charge in [-0.25, -0.2) is 0 Å². The number of benzene rings is 1. The van der Waals surface area contributed by atoms with Crippen molar-refractivity contribution in [1.82, 2.24) is 15.2 Å². The first-order valence-electron chi connectivity index (χ1n) is 8.66. The van der Waals surface area contributed by atoms with Crippen molar-refractivity contribution >= 4 is 11.8 Å². The number of pyridine rings is 1. The summed E-state index contributed by atoms with van der Waals surface area (Å²) in [5, 5.41) is 3.52. The van der Waals surface area contributed by atoms with Crippen LogP contribution in [0, 0.1) is 0 Å². The number of thioether (sulfide) groups is 1. The Labute approximate surface area is 152 Å². The van der Waals surface area contributed by atoms with Crippen LogP contribution in [-0.4, -0.2) is 49.0 Å². The molecule has 1 saturated heterocycles. The van der Waals surface area contributed by atoms with E-state index >= 15 is 0 Å². The Morgan fingerprint density at radius 2 is 1.96 bits per heavy atom. The van der Waals surface area contributed by atoms with Crippen LogP contribution in [0.4, 0.5) is 0 Å². The highest BCUT2D eigenvalue weighted by Crippen LogP contribution is 2.38. The Bertz CT molecular complexity index is 726. The number of rotatable bonds is 4. The molecule has 4 rings (SSSR count). The molecule has 2 aliphatic heterocycles. The summed E-state index contributed by atoms with van der Waals surface area (Å²) in [6, 6.07) is 8.87. The van der Waals surface area contributed by atoms with Crippen LogP contribution in [0.3, 0.4) is 0 Å². The van der Waals surface area contributed by atoms with E-state index in [-0.39, 0.29) is 0 Å². The lowest BCUT2D eigenvalue weighted by molar-refractivity contribution is 0.150. The van der Waals surface area contributed by atoms with Crippen LogP contribution in [0.5, 0.6) is 11.5 Å². The van der Waals surface area contributed by atoms with Crippen molar-refractivity contribution < 1.29 is 9.47 Å². The Balaban J connectivity index is 1.61. The number of hydrogen-bond acceptors (Lipinski definition) is 6. The fourth-order valence-corrected chi connectivity index (χ4v) is 4.11. The molecule has 1 unspecified atom stereocenters. The summed E-state index contributed by atoms with van der Waals surface area (Å²) in [6.07, 6.45) is 5.87. The van der Waals surface area contributed by atoms with Crippen molar-refractivity contribution in [1.29, 1.82) is 0 Å². The third kappa shape index (κ3) is 3.61. The normalized spacial score (nSPS) is 20.4. The van der Waals surface area contributed by atoms with Crippen molar-refractivity contribution in [2.45, 2.75) is 17.5 Å². The second kappa shape index (κ2) is 7.64. The van der Waals surface area contributed by atoms with Gasteiger partial charge in [0.25, 0.3) is 0 Å². The Kier molecular flexibility index (Phi) is 5.10. The summed E-state index contributed by atoms with van der Waals surface area (Å²) in [5.74, 6) is 1.74. The van der Waals surface area contributed by atoms with Crippen LogP contribution < -0.4 is 14.8 Å². The van der Waals surface area contributed by atoms with E-state index in [0.29, 0.717) is 19.3 Å². The van der Waals surface area contributed by atoms with Crippen molar-refractivity contribution in [3.8, 4) is 11.5 Å². The fraction of sp³-hybridized carbons (Fsp3) is 0.421. The molecular weight excluding hydrogens is 334 g/mol. The molecule has 1 N–H and O–H groups in total. The summed E-state index contributed by atoms with van der Waals surface area (Å²) >= 11 is 1.77. The maximum Gasteiger partial charge on any atom is 0.162 e. The minimum absolute atomic E-state index is 0.361.